The zero-order valence-corrected chi connectivity index (χ0v) is 8.55. The fraction of sp³-hybridized carbons (Fsp3) is 0.667. The molecular formula is C9H15NO5. The molecule has 1 saturated heterocycles. The van der Waals surface area contributed by atoms with E-state index >= 15 is 0 Å². The molecule has 0 radical (unpaired) electrons. The third-order valence-corrected chi connectivity index (χ3v) is 2.30. The van der Waals surface area contributed by atoms with Gasteiger partial charge in [-0.05, 0) is 6.58 Å². The van der Waals surface area contributed by atoms with Crippen molar-refractivity contribution >= 4 is 6.09 Å². The van der Waals surface area contributed by atoms with E-state index in [1.54, 1.807) is 0 Å². The second-order valence-electron chi connectivity index (χ2n) is 3.33. The Balaban J connectivity index is 2.58. The van der Waals surface area contributed by atoms with Crippen LogP contribution < -0.4 is 0 Å². The summed E-state index contributed by atoms with van der Waals surface area (Å²) in [5.41, 5.74) is 0. The lowest BCUT2D eigenvalue weighted by molar-refractivity contribution is 0.0380. The highest BCUT2D eigenvalue weighted by Gasteiger charge is 2.36. The lowest BCUT2D eigenvalue weighted by atomic mass is 10.2. The van der Waals surface area contributed by atoms with Gasteiger partial charge in [-0.2, -0.15) is 0 Å². The largest absolute Gasteiger partial charge is 0.481 e. The molecule has 6 heteroatoms. The molecule has 0 aromatic carbocycles. The fourth-order valence-corrected chi connectivity index (χ4v) is 1.67. The van der Waals surface area contributed by atoms with Gasteiger partial charge in [-0.15, -0.1) is 0 Å². The first-order valence-electron chi connectivity index (χ1n) is 4.58. The fourth-order valence-electron chi connectivity index (χ4n) is 1.67. The predicted molar refractivity (Wildman–Crippen MR) is 51.2 cm³/mol. The van der Waals surface area contributed by atoms with Gasteiger partial charge in [0.15, 0.2) is 0 Å². The molecule has 2 N–H and O–H groups in total. The third-order valence-electron chi connectivity index (χ3n) is 2.30. The summed E-state index contributed by atoms with van der Waals surface area (Å²) in [5.74, 6) is -0.386. The van der Waals surface area contributed by atoms with E-state index in [9.17, 15) is 4.79 Å². The minimum atomic E-state index is -0.510. The maximum atomic E-state index is 11.3. The van der Waals surface area contributed by atoms with Gasteiger partial charge in [0, 0.05) is 6.42 Å². The molecule has 0 bridgehead atoms. The minimum Gasteiger partial charge on any atom is -0.481 e. The monoisotopic (exact) mass is 217 g/mol. The first-order chi connectivity index (χ1) is 7.08. The van der Waals surface area contributed by atoms with Crippen molar-refractivity contribution in [3.8, 4) is 0 Å². The average Bonchev–Trinajstić information content (AvgIpc) is 2.58. The molecule has 0 aromatic heterocycles. The van der Waals surface area contributed by atoms with Crippen LogP contribution in [-0.2, 0) is 9.47 Å². The Morgan fingerprint density at radius 2 is 2.33 bits per heavy atom. The SMILES string of the molecule is C=C(O)OC1CC(CO)N(C(=O)OC)C1. The van der Waals surface area contributed by atoms with E-state index in [1.807, 2.05) is 0 Å². The van der Waals surface area contributed by atoms with Crippen molar-refractivity contribution in [3.05, 3.63) is 12.5 Å². The highest BCUT2D eigenvalue weighted by molar-refractivity contribution is 5.68. The van der Waals surface area contributed by atoms with E-state index in [-0.39, 0.29) is 31.2 Å². The van der Waals surface area contributed by atoms with Gasteiger partial charge >= 0.3 is 6.09 Å². The van der Waals surface area contributed by atoms with Crippen molar-refractivity contribution in [2.45, 2.75) is 18.6 Å². The van der Waals surface area contributed by atoms with Gasteiger partial charge in [-0.25, -0.2) is 4.79 Å². The number of carbonyl (C=O) groups excluding carboxylic acids is 1. The summed E-state index contributed by atoms with van der Waals surface area (Å²) < 4.78 is 9.52. The van der Waals surface area contributed by atoms with Crippen LogP contribution >= 0.6 is 0 Å². The van der Waals surface area contributed by atoms with Crippen molar-refractivity contribution in [3.63, 3.8) is 0 Å². The van der Waals surface area contributed by atoms with Crippen molar-refractivity contribution in [1.29, 1.82) is 0 Å². The maximum Gasteiger partial charge on any atom is 0.409 e. The van der Waals surface area contributed by atoms with Gasteiger partial charge in [-0.1, -0.05) is 0 Å². The summed E-state index contributed by atoms with van der Waals surface area (Å²) in [7, 11) is 1.27. The quantitative estimate of drug-likeness (QED) is 0.662. The Morgan fingerprint density at radius 1 is 1.67 bits per heavy atom. The third kappa shape index (κ3) is 2.76. The first kappa shape index (κ1) is 11.6. The number of aliphatic hydroxyl groups is 2. The zero-order chi connectivity index (χ0) is 11.4. The summed E-state index contributed by atoms with van der Waals surface area (Å²) in [6.45, 7) is 3.31. The molecule has 0 aliphatic carbocycles. The van der Waals surface area contributed by atoms with E-state index in [4.69, 9.17) is 14.9 Å². The Kier molecular flexibility index (Phi) is 3.79. The minimum absolute atomic E-state index is 0.160. The molecule has 86 valence electrons. The van der Waals surface area contributed by atoms with E-state index in [0.717, 1.165) is 0 Å². The van der Waals surface area contributed by atoms with Crippen LogP contribution in [0.2, 0.25) is 0 Å². The smallest absolute Gasteiger partial charge is 0.409 e. The standard InChI is InChI=1S/C9H15NO5/c1-6(12)15-8-3-7(5-11)10(4-8)9(13)14-2/h7-8,11-12H,1,3-5H2,2H3. The number of amides is 1. The van der Waals surface area contributed by atoms with Gasteiger partial charge in [0.05, 0.1) is 26.3 Å². The molecule has 15 heavy (non-hydrogen) atoms. The van der Waals surface area contributed by atoms with Crippen LogP contribution in [0.4, 0.5) is 4.79 Å². The molecule has 0 spiro atoms. The molecule has 0 saturated carbocycles. The Bertz CT molecular complexity index is 255. The van der Waals surface area contributed by atoms with Crippen molar-refractivity contribution in [2.75, 3.05) is 20.3 Å². The number of hydrogen-bond acceptors (Lipinski definition) is 5. The summed E-state index contributed by atoms with van der Waals surface area (Å²) in [6, 6.07) is -0.332. The van der Waals surface area contributed by atoms with Crippen LogP contribution in [-0.4, -0.2) is 53.6 Å². The average molecular weight is 217 g/mol. The molecular weight excluding hydrogens is 202 g/mol. The van der Waals surface area contributed by atoms with Gasteiger partial charge in [0.1, 0.15) is 6.10 Å². The second-order valence-corrected chi connectivity index (χ2v) is 3.33. The van der Waals surface area contributed by atoms with E-state index in [1.165, 1.54) is 12.0 Å². The molecule has 1 amide bonds. The number of likely N-dealkylation sites (tertiary alicyclic amines) is 1. The Morgan fingerprint density at radius 3 is 2.80 bits per heavy atom. The lowest BCUT2D eigenvalue weighted by Gasteiger charge is -2.20. The number of hydrogen-bond donors (Lipinski definition) is 2. The van der Waals surface area contributed by atoms with E-state index in [0.29, 0.717) is 6.42 Å². The summed E-state index contributed by atoms with van der Waals surface area (Å²) in [4.78, 5) is 12.6. The number of nitrogens with zero attached hydrogens (tertiary/aromatic N) is 1. The number of rotatable bonds is 3. The van der Waals surface area contributed by atoms with Crippen molar-refractivity contribution in [2.24, 2.45) is 0 Å². The first-order valence-corrected chi connectivity index (χ1v) is 4.58. The Labute approximate surface area is 87.7 Å². The van der Waals surface area contributed by atoms with E-state index < -0.39 is 6.09 Å². The molecule has 1 heterocycles. The number of aliphatic hydroxyl groups excluding tert-OH is 2. The van der Waals surface area contributed by atoms with Crippen molar-refractivity contribution < 1.29 is 24.5 Å². The maximum absolute atomic E-state index is 11.3. The van der Waals surface area contributed by atoms with Crippen LogP contribution in [0.25, 0.3) is 0 Å². The summed E-state index contributed by atoms with van der Waals surface area (Å²) in [6.07, 6.45) is -0.409. The highest BCUT2D eigenvalue weighted by Crippen LogP contribution is 2.21. The normalized spacial score (nSPS) is 25.1. The molecule has 2 unspecified atom stereocenters. The molecule has 6 nitrogen and oxygen atoms in total. The van der Waals surface area contributed by atoms with E-state index in [2.05, 4.69) is 11.3 Å². The molecule has 1 fully saturated rings. The van der Waals surface area contributed by atoms with Gasteiger partial charge in [0.25, 0.3) is 5.95 Å². The molecule has 1 aliphatic rings. The molecule has 1 rings (SSSR count). The zero-order valence-electron chi connectivity index (χ0n) is 8.55. The number of methoxy groups -OCH3 is 1. The van der Waals surface area contributed by atoms with Crippen LogP contribution in [0.15, 0.2) is 12.5 Å². The van der Waals surface area contributed by atoms with Crippen LogP contribution in [0.3, 0.4) is 0 Å². The predicted octanol–water partition coefficient (Wildman–Crippen LogP) is 0.234. The Hall–Kier alpha value is -1.43. The van der Waals surface area contributed by atoms with Crippen LogP contribution in [0.5, 0.6) is 0 Å². The lowest BCUT2D eigenvalue weighted by Crippen LogP contribution is -2.37. The number of ether oxygens (including phenoxy) is 2. The van der Waals surface area contributed by atoms with Crippen LogP contribution in [0.1, 0.15) is 6.42 Å². The number of carbonyl (C=O) groups is 1. The summed E-state index contributed by atoms with van der Waals surface area (Å²) in [5, 5.41) is 17.9. The van der Waals surface area contributed by atoms with Gasteiger partial charge in [-0.3, -0.25) is 4.90 Å². The summed E-state index contributed by atoms with van der Waals surface area (Å²) >= 11 is 0. The van der Waals surface area contributed by atoms with Gasteiger partial charge in [0.2, 0.25) is 0 Å². The molecule has 1 aliphatic heterocycles. The van der Waals surface area contributed by atoms with Crippen LogP contribution in [0, 0.1) is 0 Å². The van der Waals surface area contributed by atoms with Gasteiger partial charge < -0.3 is 19.7 Å². The second kappa shape index (κ2) is 4.88. The molecule has 2 atom stereocenters. The topological polar surface area (TPSA) is 79.2 Å². The molecule has 0 aromatic rings. The van der Waals surface area contributed by atoms with Crippen molar-refractivity contribution in [1.82, 2.24) is 4.90 Å². The highest BCUT2D eigenvalue weighted by atomic mass is 16.6.